The summed E-state index contributed by atoms with van der Waals surface area (Å²) in [5, 5.41) is 9.99. The maximum Gasteiger partial charge on any atom is 0.336 e. The van der Waals surface area contributed by atoms with Crippen molar-refractivity contribution in [3.8, 4) is 40.2 Å². The van der Waals surface area contributed by atoms with E-state index in [4.69, 9.17) is 42.6 Å². The fraction of sp³-hybridized carbons (Fsp3) is 0.612. The summed E-state index contributed by atoms with van der Waals surface area (Å²) in [4.78, 5) is 53.8. The van der Waals surface area contributed by atoms with Crippen LogP contribution in [0, 0.1) is 11.3 Å². The van der Waals surface area contributed by atoms with E-state index in [1.54, 1.807) is 42.5 Å². The molecule has 0 aliphatic heterocycles. The Labute approximate surface area is 485 Å². The first-order valence-electron chi connectivity index (χ1n) is 30.8. The molecule has 14 heteroatoms. The molecule has 450 valence electrons. The van der Waals surface area contributed by atoms with Gasteiger partial charge in [-0.2, -0.15) is 0 Å². The Hall–Kier alpha value is -6.02. The van der Waals surface area contributed by atoms with Gasteiger partial charge in [0.2, 0.25) is 5.75 Å². The van der Waals surface area contributed by atoms with Crippen molar-refractivity contribution in [1.82, 2.24) is 0 Å². The second-order valence-corrected chi connectivity index (χ2v) is 21.1. The molecule has 2 unspecified atom stereocenters. The van der Waals surface area contributed by atoms with Crippen LogP contribution in [0.25, 0.3) is 12.2 Å². The average Bonchev–Trinajstić information content (AvgIpc) is 3.62. The van der Waals surface area contributed by atoms with Gasteiger partial charge < -0.3 is 47.7 Å². The Morgan fingerprint density at radius 3 is 1.35 bits per heavy atom. The summed E-state index contributed by atoms with van der Waals surface area (Å²) in [6.07, 6.45) is 27.6. The zero-order valence-corrected chi connectivity index (χ0v) is 50.3. The molecule has 3 aromatic rings. The number of carbonyl (C=O) groups excluding carboxylic acids is 4. The Balaban J connectivity index is 1.57. The van der Waals surface area contributed by atoms with Gasteiger partial charge in [-0.3, -0.25) is 9.59 Å². The molecule has 0 spiro atoms. The number of aliphatic hydroxyl groups excluding tert-OH is 1. The molecule has 1 N–H and O–H groups in total. The molecule has 0 bridgehead atoms. The second kappa shape index (κ2) is 39.4. The topological polar surface area (TPSA) is 172 Å². The van der Waals surface area contributed by atoms with Crippen molar-refractivity contribution in [1.29, 1.82) is 0 Å². The van der Waals surface area contributed by atoms with Gasteiger partial charge in [0.1, 0.15) is 17.6 Å². The van der Waals surface area contributed by atoms with Gasteiger partial charge in [-0.25, -0.2) is 9.59 Å². The minimum atomic E-state index is -0.983. The van der Waals surface area contributed by atoms with Crippen molar-refractivity contribution < 1.29 is 66.9 Å². The first-order chi connectivity index (χ1) is 39.5. The number of esters is 4. The number of unbranched alkanes of at least 4 members (excludes halogenated alkanes) is 15. The molecule has 14 nitrogen and oxygen atoms in total. The molecule has 1 fully saturated rings. The van der Waals surface area contributed by atoms with Crippen molar-refractivity contribution in [3.63, 3.8) is 0 Å². The lowest BCUT2D eigenvalue weighted by Gasteiger charge is -2.28. The van der Waals surface area contributed by atoms with E-state index in [1.807, 2.05) is 25.1 Å². The monoisotopic (exact) mass is 1130 g/mol. The van der Waals surface area contributed by atoms with Crippen molar-refractivity contribution in [2.24, 2.45) is 11.3 Å². The minimum Gasteiger partial charge on any atom is -0.490 e. The van der Waals surface area contributed by atoms with E-state index in [2.05, 4.69) is 34.6 Å². The molecule has 1 aliphatic rings. The van der Waals surface area contributed by atoms with Crippen molar-refractivity contribution >= 4 is 36.0 Å². The summed E-state index contributed by atoms with van der Waals surface area (Å²) in [6.45, 7) is 14.9. The van der Waals surface area contributed by atoms with E-state index in [0.717, 1.165) is 128 Å². The fourth-order valence-electron chi connectivity index (χ4n) is 9.64. The van der Waals surface area contributed by atoms with Gasteiger partial charge in [0.15, 0.2) is 23.0 Å². The van der Waals surface area contributed by atoms with Crippen LogP contribution in [0.4, 0.5) is 0 Å². The molecule has 0 amide bonds. The predicted molar refractivity (Wildman–Crippen MR) is 319 cm³/mol. The van der Waals surface area contributed by atoms with Crippen LogP contribution in [0.2, 0.25) is 0 Å². The molecular formula is C67H98O14. The Bertz CT molecular complexity index is 2350. The molecule has 3 aromatic carbocycles. The maximum atomic E-state index is 14.1. The highest BCUT2D eigenvalue weighted by Gasteiger charge is 2.59. The van der Waals surface area contributed by atoms with Crippen LogP contribution in [0.15, 0.2) is 60.7 Å². The standard InChI is InChI=1S/C67H98O14/c1-8-14-19-24-46-74-58-40-32-52(62(76-48-26-21-16-10-3)64(58)78-50-28-23-18-12-5)34-42-60(70)80-54-37-35-53(36-38-54)79-59(69)41-33-51-31-39-55(63(77-49-27-22-17-11-4)61(51)75-47-25-20-15-9-2)57(30-29-45-68)81-66(72)67(43-44-67)56(13-6)65(71)73-7/h31-42,56-57,68H,8-30,43-50H2,1-7H3/b41-33+,42-34+. The van der Waals surface area contributed by atoms with Crippen LogP contribution in [-0.2, 0) is 28.7 Å². The van der Waals surface area contributed by atoms with E-state index < -0.39 is 41.3 Å². The SMILES string of the molecule is CCCCCCOc1ccc(/C=C/C(=O)Oc2ccc(OC(=O)/C=C/c3ccc(C(CCCO)OC(=O)C4(C(CC)C(=O)OC)CC4)c(OCCCCCC)c3OCCCCCC)cc2)c(OCCCCCC)c1OCCCCCC. The average molecular weight is 1130 g/mol. The molecule has 1 saturated carbocycles. The molecule has 0 saturated heterocycles. The van der Waals surface area contributed by atoms with Gasteiger partial charge in [-0.05, 0) is 113 Å². The van der Waals surface area contributed by atoms with E-state index in [1.165, 1.54) is 19.3 Å². The normalized spacial score (nSPS) is 13.4. The van der Waals surface area contributed by atoms with E-state index in [-0.39, 0.29) is 18.1 Å². The molecule has 0 radical (unpaired) electrons. The molecule has 1 aliphatic carbocycles. The minimum absolute atomic E-state index is 0.125. The quantitative estimate of drug-likeness (QED) is 0.0245. The number of aliphatic hydroxyl groups is 1. The molecule has 81 heavy (non-hydrogen) atoms. The van der Waals surface area contributed by atoms with Gasteiger partial charge >= 0.3 is 23.9 Å². The Kier molecular flexibility index (Phi) is 32.8. The molecular weight excluding hydrogens is 1030 g/mol. The lowest BCUT2D eigenvalue weighted by atomic mass is 9.86. The molecule has 0 aromatic heterocycles. The number of benzene rings is 3. The van der Waals surface area contributed by atoms with Crippen LogP contribution in [-0.4, -0.2) is 75.7 Å². The van der Waals surface area contributed by atoms with Gasteiger partial charge in [-0.1, -0.05) is 150 Å². The number of hydrogen-bond donors (Lipinski definition) is 1. The van der Waals surface area contributed by atoms with Gasteiger partial charge in [0.05, 0.1) is 51.5 Å². The summed E-state index contributed by atoms with van der Waals surface area (Å²) >= 11 is 0. The largest absolute Gasteiger partial charge is 0.490 e. The fourth-order valence-corrected chi connectivity index (χ4v) is 9.64. The smallest absolute Gasteiger partial charge is 0.336 e. The zero-order valence-electron chi connectivity index (χ0n) is 50.3. The Morgan fingerprint density at radius 1 is 0.506 bits per heavy atom. The van der Waals surface area contributed by atoms with Crippen molar-refractivity contribution in [3.05, 3.63) is 77.4 Å². The third-order valence-corrected chi connectivity index (χ3v) is 14.5. The number of methoxy groups -OCH3 is 1. The summed E-state index contributed by atoms with van der Waals surface area (Å²) in [5.74, 6) is 0.160. The van der Waals surface area contributed by atoms with Gasteiger partial charge in [-0.15, -0.1) is 0 Å². The summed E-state index contributed by atoms with van der Waals surface area (Å²) in [7, 11) is 1.33. The van der Waals surface area contributed by atoms with Crippen molar-refractivity contribution in [2.75, 3.05) is 46.8 Å². The first-order valence-corrected chi connectivity index (χ1v) is 30.8. The highest BCUT2D eigenvalue weighted by atomic mass is 16.6. The maximum absolute atomic E-state index is 14.1. The van der Waals surface area contributed by atoms with Crippen LogP contribution in [0.3, 0.4) is 0 Å². The van der Waals surface area contributed by atoms with Crippen LogP contribution in [0.5, 0.6) is 40.2 Å². The summed E-state index contributed by atoms with van der Waals surface area (Å²) in [6, 6.07) is 13.6. The highest BCUT2D eigenvalue weighted by Crippen LogP contribution is 2.56. The number of hydrogen-bond acceptors (Lipinski definition) is 14. The van der Waals surface area contributed by atoms with E-state index in [9.17, 15) is 24.3 Å². The third kappa shape index (κ3) is 23.4. The van der Waals surface area contributed by atoms with Crippen LogP contribution < -0.4 is 33.2 Å². The molecule has 4 rings (SSSR count). The predicted octanol–water partition coefficient (Wildman–Crippen LogP) is 16.1. The zero-order chi connectivity index (χ0) is 58.5. The molecule has 2 atom stereocenters. The lowest BCUT2D eigenvalue weighted by molar-refractivity contribution is -0.166. The lowest BCUT2D eigenvalue weighted by Crippen LogP contribution is -2.34. The van der Waals surface area contributed by atoms with Gasteiger partial charge in [0.25, 0.3) is 0 Å². The van der Waals surface area contributed by atoms with Crippen LogP contribution >= 0.6 is 0 Å². The second-order valence-electron chi connectivity index (χ2n) is 21.1. The number of carbonyl (C=O) groups is 4. The van der Waals surface area contributed by atoms with Crippen molar-refractivity contribution in [2.45, 2.75) is 208 Å². The Morgan fingerprint density at radius 2 is 0.926 bits per heavy atom. The van der Waals surface area contributed by atoms with Gasteiger partial charge in [0, 0.05) is 35.4 Å². The number of rotatable bonds is 45. The van der Waals surface area contributed by atoms with Crippen LogP contribution in [0.1, 0.15) is 225 Å². The number of ether oxygens (including phenoxy) is 9. The third-order valence-electron chi connectivity index (χ3n) is 14.5. The highest BCUT2D eigenvalue weighted by molar-refractivity contribution is 5.91. The first kappa shape index (κ1) is 67.5. The van der Waals surface area contributed by atoms with E-state index >= 15 is 0 Å². The summed E-state index contributed by atoms with van der Waals surface area (Å²) in [5.41, 5.74) is 0.802. The molecule has 0 heterocycles. The summed E-state index contributed by atoms with van der Waals surface area (Å²) < 4.78 is 55.2. The van der Waals surface area contributed by atoms with E-state index in [0.29, 0.717) is 111 Å².